The van der Waals surface area contributed by atoms with Crippen LogP contribution in [0.5, 0.6) is 0 Å². The van der Waals surface area contributed by atoms with Crippen molar-refractivity contribution in [3.8, 4) is 39.1 Å². The average Bonchev–Trinajstić information content (AvgIpc) is 3.73. The summed E-state index contributed by atoms with van der Waals surface area (Å²) in [4.78, 5) is 0. The molecule has 1 nitrogen and oxygen atoms in total. The van der Waals surface area contributed by atoms with E-state index in [2.05, 4.69) is 170 Å². The van der Waals surface area contributed by atoms with Crippen LogP contribution in [-0.4, -0.2) is 4.57 Å². The highest BCUT2D eigenvalue weighted by Gasteiger charge is 2.38. The fourth-order valence-corrected chi connectivity index (χ4v) is 9.54. The van der Waals surface area contributed by atoms with Gasteiger partial charge < -0.3 is 4.57 Å². The Balaban J connectivity index is 1.22. The molecule has 7 aromatic carbocycles. The van der Waals surface area contributed by atoms with Crippen molar-refractivity contribution in [3.05, 3.63) is 163 Å². The lowest BCUT2D eigenvalue weighted by molar-refractivity contribution is 0.667. The zero-order valence-electron chi connectivity index (χ0n) is 26.3. The van der Waals surface area contributed by atoms with Gasteiger partial charge in [-0.1, -0.05) is 123 Å². The molecule has 2 heterocycles. The molecule has 10 rings (SSSR count). The maximum Gasteiger partial charge on any atom is 0.0541 e. The summed E-state index contributed by atoms with van der Waals surface area (Å²) in [5, 5.41) is 5.27. The molecule has 9 aromatic rings. The molecule has 0 saturated carbocycles. The molecule has 2 heteroatoms. The lowest BCUT2D eigenvalue weighted by Gasteiger charge is -2.22. The molecular weight excluding hydrogens is 587 g/mol. The van der Waals surface area contributed by atoms with Gasteiger partial charge in [-0.05, 0) is 87.0 Å². The van der Waals surface area contributed by atoms with Gasteiger partial charge in [0.05, 0.1) is 11.0 Å². The first-order valence-corrected chi connectivity index (χ1v) is 17.2. The van der Waals surface area contributed by atoms with Crippen LogP contribution in [0.2, 0.25) is 0 Å². The Bertz CT molecular complexity index is 2590. The number of thiophene rings is 1. The lowest BCUT2D eigenvalue weighted by atomic mass is 9.82. The molecule has 47 heavy (non-hydrogen) atoms. The summed E-state index contributed by atoms with van der Waals surface area (Å²) in [6.07, 6.45) is 0. The first kappa shape index (κ1) is 26.7. The van der Waals surface area contributed by atoms with Crippen molar-refractivity contribution in [2.24, 2.45) is 0 Å². The normalized spacial score (nSPS) is 13.5. The van der Waals surface area contributed by atoms with Crippen LogP contribution in [-0.2, 0) is 5.41 Å². The van der Waals surface area contributed by atoms with Gasteiger partial charge in [-0.2, -0.15) is 0 Å². The van der Waals surface area contributed by atoms with Crippen molar-refractivity contribution < 1.29 is 0 Å². The summed E-state index contributed by atoms with van der Waals surface area (Å²) in [6.45, 7) is 4.80. The van der Waals surface area contributed by atoms with Crippen molar-refractivity contribution in [1.82, 2.24) is 4.57 Å². The molecule has 0 saturated heterocycles. The van der Waals surface area contributed by atoms with Crippen molar-refractivity contribution in [2.75, 3.05) is 0 Å². The Morgan fingerprint density at radius 1 is 0.468 bits per heavy atom. The number of rotatable bonds is 3. The van der Waals surface area contributed by atoms with Gasteiger partial charge in [0.1, 0.15) is 0 Å². The number of hydrogen-bond donors (Lipinski definition) is 0. The molecule has 0 aliphatic heterocycles. The number of fused-ring (bicyclic) bond motifs is 10. The molecule has 0 bridgehead atoms. The third-order valence-electron chi connectivity index (χ3n) is 10.4. The minimum Gasteiger partial charge on any atom is -0.309 e. The molecule has 0 spiro atoms. The van der Waals surface area contributed by atoms with Crippen molar-refractivity contribution in [3.63, 3.8) is 0 Å². The summed E-state index contributed by atoms with van der Waals surface area (Å²) >= 11 is 1.94. The van der Waals surface area contributed by atoms with E-state index >= 15 is 0 Å². The summed E-state index contributed by atoms with van der Waals surface area (Å²) < 4.78 is 5.25. The van der Waals surface area contributed by atoms with Crippen molar-refractivity contribution in [2.45, 2.75) is 19.3 Å². The fourth-order valence-electron chi connectivity index (χ4n) is 8.13. The zero-order valence-corrected chi connectivity index (χ0v) is 27.1. The second kappa shape index (κ2) is 9.78. The Morgan fingerprint density at radius 2 is 1.09 bits per heavy atom. The monoisotopic (exact) mass is 617 g/mol. The van der Waals surface area contributed by atoms with E-state index in [1.54, 1.807) is 0 Å². The third kappa shape index (κ3) is 3.83. The average molecular weight is 618 g/mol. The van der Waals surface area contributed by atoms with Gasteiger partial charge in [0, 0.05) is 42.0 Å². The van der Waals surface area contributed by atoms with E-state index in [0.717, 1.165) is 0 Å². The van der Waals surface area contributed by atoms with E-state index in [0.29, 0.717) is 0 Å². The number of aromatic nitrogens is 1. The highest BCUT2D eigenvalue weighted by Crippen LogP contribution is 2.54. The highest BCUT2D eigenvalue weighted by molar-refractivity contribution is 7.26. The van der Waals surface area contributed by atoms with Gasteiger partial charge >= 0.3 is 0 Å². The minimum absolute atomic E-state index is 0.0838. The van der Waals surface area contributed by atoms with Gasteiger partial charge in [0.15, 0.2) is 0 Å². The number of benzene rings is 7. The second-order valence-corrected chi connectivity index (χ2v) is 14.4. The van der Waals surface area contributed by atoms with Crippen LogP contribution in [0.4, 0.5) is 0 Å². The molecule has 0 atom stereocenters. The van der Waals surface area contributed by atoms with Crippen LogP contribution >= 0.6 is 11.3 Å². The molecule has 0 N–H and O–H groups in total. The summed E-state index contributed by atoms with van der Waals surface area (Å²) in [6, 6.07) is 56.1. The van der Waals surface area contributed by atoms with E-state index < -0.39 is 0 Å². The predicted octanol–water partition coefficient (Wildman–Crippen LogP) is 12.8. The molecule has 0 radical (unpaired) electrons. The summed E-state index contributed by atoms with van der Waals surface area (Å²) in [7, 11) is 0. The molecule has 1 aliphatic carbocycles. The van der Waals surface area contributed by atoms with Gasteiger partial charge in [0.2, 0.25) is 0 Å². The quantitative estimate of drug-likeness (QED) is 0.186. The fraction of sp³-hybridized carbons (Fsp3) is 0.0667. The van der Waals surface area contributed by atoms with Gasteiger partial charge in [-0.15, -0.1) is 11.3 Å². The lowest BCUT2D eigenvalue weighted by Crippen LogP contribution is -2.15. The molecule has 0 amide bonds. The molecule has 222 valence electrons. The SMILES string of the molecule is CC1(C)c2ccc(-n3c4ccc(-c5ccccc5)cc4c4cc(-c5ccccc5)ccc43)cc2-c2ccc3c(sc4ccccc43)c21. The van der Waals surface area contributed by atoms with Crippen molar-refractivity contribution in [1.29, 1.82) is 0 Å². The van der Waals surface area contributed by atoms with Crippen LogP contribution in [0.1, 0.15) is 25.0 Å². The van der Waals surface area contributed by atoms with Gasteiger partial charge in [0.25, 0.3) is 0 Å². The predicted molar refractivity (Wildman–Crippen MR) is 202 cm³/mol. The smallest absolute Gasteiger partial charge is 0.0541 e. The standard InChI is InChI=1S/C45H31NS/c1-45(2)39-22-19-32(27-36(39)34-20-21-35-33-15-9-10-16-42(33)47-44(35)43(34)45)46-40-23-17-30(28-11-5-3-6-12-28)25-37(40)38-26-31(18-24-41(38)46)29-13-7-4-8-14-29/h3-27H,1-2H3. The maximum atomic E-state index is 2.47. The van der Waals surface area contributed by atoms with E-state index in [9.17, 15) is 0 Å². The van der Waals surface area contributed by atoms with Crippen LogP contribution in [0.15, 0.2) is 152 Å². The minimum atomic E-state index is -0.0838. The first-order valence-electron chi connectivity index (χ1n) is 16.4. The summed E-state index contributed by atoms with van der Waals surface area (Å²) in [5.41, 5.74) is 14.1. The van der Waals surface area contributed by atoms with Crippen molar-refractivity contribution >= 4 is 53.3 Å². The van der Waals surface area contributed by atoms with Crippen LogP contribution in [0.25, 0.3) is 81.0 Å². The number of nitrogens with zero attached hydrogens (tertiary/aromatic N) is 1. The van der Waals surface area contributed by atoms with Crippen LogP contribution < -0.4 is 0 Å². The van der Waals surface area contributed by atoms with E-state index in [1.807, 2.05) is 11.3 Å². The molecule has 1 aliphatic rings. The van der Waals surface area contributed by atoms with E-state index in [1.165, 1.54) is 92.2 Å². The Kier molecular flexibility index (Phi) is 5.57. The third-order valence-corrected chi connectivity index (χ3v) is 11.6. The van der Waals surface area contributed by atoms with Crippen LogP contribution in [0, 0.1) is 0 Å². The first-order chi connectivity index (χ1) is 23.1. The highest BCUT2D eigenvalue weighted by atomic mass is 32.1. The number of hydrogen-bond acceptors (Lipinski definition) is 1. The second-order valence-electron chi connectivity index (χ2n) is 13.3. The Labute approximate surface area is 278 Å². The molecular formula is C45H31NS. The Morgan fingerprint density at radius 3 is 1.74 bits per heavy atom. The van der Waals surface area contributed by atoms with Gasteiger partial charge in [-0.3, -0.25) is 0 Å². The Hall–Kier alpha value is -5.44. The van der Waals surface area contributed by atoms with E-state index in [-0.39, 0.29) is 5.41 Å². The summed E-state index contributed by atoms with van der Waals surface area (Å²) in [5.74, 6) is 0. The van der Waals surface area contributed by atoms with Gasteiger partial charge in [-0.25, -0.2) is 0 Å². The molecule has 2 aromatic heterocycles. The van der Waals surface area contributed by atoms with E-state index in [4.69, 9.17) is 0 Å². The topological polar surface area (TPSA) is 4.93 Å². The zero-order chi connectivity index (χ0) is 31.3. The maximum absolute atomic E-state index is 2.47. The molecule has 0 unspecified atom stereocenters. The largest absolute Gasteiger partial charge is 0.309 e. The molecule has 0 fully saturated rings. The van der Waals surface area contributed by atoms with Crippen LogP contribution in [0.3, 0.4) is 0 Å².